The molecule has 4 aliphatic rings. The van der Waals surface area contributed by atoms with E-state index in [-0.39, 0.29) is 34.9 Å². The summed E-state index contributed by atoms with van der Waals surface area (Å²) in [7, 11) is 0. The van der Waals surface area contributed by atoms with Crippen molar-refractivity contribution >= 4 is 52.6 Å². The minimum atomic E-state index is -1.53. The van der Waals surface area contributed by atoms with E-state index in [9.17, 15) is 34.5 Å². The van der Waals surface area contributed by atoms with Gasteiger partial charge in [0.15, 0.2) is 0 Å². The van der Waals surface area contributed by atoms with Crippen LogP contribution in [-0.4, -0.2) is 49.9 Å². The molecule has 3 fully saturated rings. The number of hydrogen-bond acceptors (Lipinski definition) is 8. The number of aromatic carboxylic acids is 1. The average Bonchev–Trinajstić information content (AvgIpc) is 3.50. The van der Waals surface area contributed by atoms with Crippen LogP contribution < -0.4 is 10.3 Å². The molecule has 0 aromatic heterocycles. The summed E-state index contributed by atoms with van der Waals surface area (Å²) < 4.78 is 0. The quantitative estimate of drug-likeness (QED) is 0.139. The molecule has 1 saturated carbocycles. The van der Waals surface area contributed by atoms with Crippen molar-refractivity contribution in [1.29, 1.82) is 0 Å². The highest BCUT2D eigenvalue weighted by atomic mass is 35.5. The molecule has 0 radical (unpaired) electrons. The van der Waals surface area contributed by atoms with Crippen molar-refractivity contribution in [3.8, 4) is 11.5 Å². The van der Waals surface area contributed by atoms with Gasteiger partial charge in [0.05, 0.1) is 34.5 Å². The van der Waals surface area contributed by atoms with Crippen molar-refractivity contribution in [2.75, 3.05) is 10.3 Å². The highest BCUT2D eigenvalue weighted by molar-refractivity contribution is 6.31. The van der Waals surface area contributed by atoms with Crippen LogP contribution in [0.4, 0.5) is 11.4 Å². The molecule has 8 rings (SSSR count). The molecule has 6 unspecified atom stereocenters. The van der Waals surface area contributed by atoms with Crippen LogP contribution in [0, 0.1) is 30.6 Å². The fraction of sp³-hybridized carbons (Fsp3) is 0.225. The van der Waals surface area contributed by atoms with Gasteiger partial charge in [0.2, 0.25) is 11.8 Å². The van der Waals surface area contributed by atoms with Crippen molar-refractivity contribution < 1.29 is 39.3 Å². The van der Waals surface area contributed by atoms with Gasteiger partial charge in [-0.3, -0.25) is 24.6 Å². The molecule has 11 nitrogen and oxygen atoms in total. The Balaban J connectivity index is 1.30. The molecule has 12 heteroatoms. The van der Waals surface area contributed by atoms with E-state index in [1.165, 1.54) is 18.2 Å². The van der Waals surface area contributed by atoms with Gasteiger partial charge in [-0.1, -0.05) is 77.3 Å². The van der Waals surface area contributed by atoms with Crippen LogP contribution in [0.5, 0.6) is 11.5 Å². The van der Waals surface area contributed by atoms with Gasteiger partial charge in [0.25, 0.3) is 11.8 Å². The van der Waals surface area contributed by atoms with E-state index < -0.39 is 70.4 Å². The van der Waals surface area contributed by atoms with Crippen LogP contribution >= 0.6 is 11.6 Å². The summed E-state index contributed by atoms with van der Waals surface area (Å²) in [6, 6.07) is 24.3. The number of carbonyl (C=O) groups is 5. The summed E-state index contributed by atoms with van der Waals surface area (Å²) in [6.07, 6.45) is 2.08. The number of carboxylic acids is 1. The molecular formula is C40H32ClN3O8. The number of hydrogen-bond donors (Lipinski definition) is 4. The Kier molecular flexibility index (Phi) is 7.72. The van der Waals surface area contributed by atoms with Crippen LogP contribution in [0.1, 0.15) is 45.8 Å². The van der Waals surface area contributed by atoms with Crippen molar-refractivity contribution in [3.05, 3.63) is 130 Å². The molecule has 0 spiro atoms. The summed E-state index contributed by atoms with van der Waals surface area (Å²) in [5.41, 5.74) is 4.41. The van der Waals surface area contributed by atoms with E-state index in [1.807, 2.05) is 31.2 Å². The number of nitrogens with zero attached hydrogens (tertiary/aromatic N) is 2. The first-order valence-corrected chi connectivity index (χ1v) is 17.2. The number of imide groups is 2. The molecule has 262 valence electrons. The maximum Gasteiger partial charge on any atom is 0.339 e. The van der Waals surface area contributed by atoms with Gasteiger partial charge in [-0.2, -0.15) is 5.01 Å². The molecule has 2 heterocycles. The number of phenolic OH excluding ortho intramolecular Hbond substituents is 1. The standard InChI is InChI=1S/C40H32ClN3O8/c1-20-7-9-22(10-8-20)42-44-36(48)30-19-29-25(15-16-28-33(29)37(49)43(35(28)47)23-11-13-27(38(50)51)32(46)17-23)34(26-14-12-24(45)18-31(26)41)40(30,39(44)52)21-5-3-2-4-6-21/h2-15,17-18,28-30,33-34,42,45-46H,16,19H2,1H3,(H,50,51). The largest absolute Gasteiger partial charge is 0.508 e. The second-order valence-electron chi connectivity index (χ2n) is 13.8. The van der Waals surface area contributed by atoms with Gasteiger partial charge in [-0.25, -0.2) is 9.69 Å². The van der Waals surface area contributed by atoms with Gasteiger partial charge >= 0.3 is 5.97 Å². The zero-order valence-electron chi connectivity index (χ0n) is 27.7. The number of anilines is 2. The van der Waals surface area contributed by atoms with Crippen LogP contribution in [0.2, 0.25) is 5.02 Å². The normalized spacial score (nSPS) is 26.5. The summed E-state index contributed by atoms with van der Waals surface area (Å²) in [6.45, 7) is 1.92. The lowest BCUT2D eigenvalue weighted by molar-refractivity contribution is -0.138. The first-order valence-electron chi connectivity index (χ1n) is 16.8. The van der Waals surface area contributed by atoms with Crippen LogP contribution in [0.25, 0.3) is 0 Å². The van der Waals surface area contributed by atoms with Gasteiger partial charge in [0, 0.05) is 17.0 Å². The Labute approximate surface area is 302 Å². The summed E-state index contributed by atoms with van der Waals surface area (Å²) in [5.74, 6) is -8.43. The Morgan fingerprint density at radius 3 is 2.27 bits per heavy atom. The van der Waals surface area contributed by atoms with Crippen LogP contribution in [0.3, 0.4) is 0 Å². The molecule has 0 bridgehead atoms. The Morgan fingerprint density at radius 1 is 0.865 bits per heavy atom. The molecular weight excluding hydrogens is 686 g/mol. The van der Waals surface area contributed by atoms with Crippen molar-refractivity contribution in [2.24, 2.45) is 23.7 Å². The number of benzene rings is 4. The molecule has 2 aliphatic heterocycles. The van der Waals surface area contributed by atoms with E-state index in [2.05, 4.69) is 5.43 Å². The van der Waals surface area contributed by atoms with E-state index in [0.29, 0.717) is 22.4 Å². The number of carboxylic acid groups (broad SMARTS) is 1. The third kappa shape index (κ3) is 4.76. The maximum atomic E-state index is 15.2. The Hall–Kier alpha value is -5.94. The molecule has 4 aromatic rings. The van der Waals surface area contributed by atoms with Crippen LogP contribution in [-0.2, 0) is 24.6 Å². The second-order valence-corrected chi connectivity index (χ2v) is 14.2. The highest BCUT2D eigenvalue weighted by Crippen LogP contribution is 2.65. The van der Waals surface area contributed by atoms with E-state index >= 15 is 4.79 Å². The lowest BCUT2D eigenvalue weighted by Gasteiger charge is -2.50. The predicted molar refractivity (Wildman–Crippen MR) is 189 cm³/mol. The zero-order chi connectivity index (χ0) is 36.6. The minimum Gasteiger partial charge on any atom is -0.508 e. The topological polar surface area (TPSA) is 165 Å². The minimum absolute atomic E-state index is 0.0293. The first-order chi connectivity index (χ1) is 24.9. The van der Waals surface area contributed by atoms with Crippen molar-refractivity contribution in [2.45, 2.75) is 31.1 Å². The number of amides is 4. The molecule has 52 heavy (non-hydrogen) atoms. The number of hydrazine groups is 1. The third-order valence-corrected chi connectivity index (χ3v) is 11.5. The monoisotopic (exact) mass is 717 g/mol. The smallest absolute Gasteiger partial charge is 0.339 e. The lowest BCUT2D eigenvalue weighted by Crippen LogP contribution is -2.53. The number of fused-ring (bicyclic) bond motifs is 4. The molecule has 2 saturated heterocycles. The van der Waals surface area contributed by atoms with E-state index in [0.717, 1.165) is 27.6 Å². The van der Waals surface area contributed by atoms with Gasteiger partial charge in [0.1, 0.15) is 17.1 Å². The summed E-state index contributed by atoms with van der Waals surface area (Å²) in [5, 5.41) is 31.4. The maximum absolute atomic E-state index is 15.2. The Bertz CT molecular complexity index is 2240. The molecule has 2 aliphatic carbocycles. The second kappa shape index (κ2) is 12.1. The fourth-order valence-electron chi connectivity index (χ4n) is 8.94. The third-order valence-electron chi connectivity index (χ3n) is 11.2. The lowest BCUT2D eigenvalue weighted by atomic mass is 9.49. The van der Waals surface area contributed by atoms with Crippen molar-refractivity contribution in [1.82, 2.24) is 5.01 Å². The van der Waals surface area contributed by atoms with Gasteiger partial charge < -0.3 is 15.3 Å². The number of rotatable bonds is 6. The zero-order valence-corrected chi connectivity index (χ0v) is 28.4. The molecule has 4 N–H and O–H groups in total. The first kappa shape index (κ1) is 33.2. The number of allylic oxidation sites excluding steroid dienone is 2. The Morgan fingerprint density at radius 2 is 1.60 bits per heavy atom. The number of halogens is 1. The SMILES string of the molecule is Cc1ccc(NN2C(=O)C3CC4C(=CCC5C(=O)N(c6ccc(C(=O)O)c(O)c6)C(=O)C54)C(c4ccc(O)cc4Cl)C3(c3ccccc3)C2=O)cc1. The van der Waals surface area contributed by atoms with E-state index in [4.69, 9.17) is 11.6 Å². The molecule has 6 atom stereocenters. The van der Waals surface area contributed by atoms with Crippen molar-refractivity contribution in [3.63, 3.8) is 0 Å². The van der Waals surface area contributed by atoms with E-state index in [1.54, 1.807) is 42.5 Å². The number of aryl methyl sites for hydroxylation is 1. The molecule has 4 aromatic carbocycles. The summed E-state index contributed by atoms with van der Waals surface area (Å²) in [4.78, 5) is 70.9. The number of carbonyl (C=O) groups excluding carboxylic acids is 4. The number of nitrogens with one attached hydrogen (secondary N) is 1. The summed E-state index contributed by atoms with van der Waals surface area (Å²) >= 11 is 6.91. The fourth-order valence-corrected chi connectivity index (χ4v) is 9.22. The number of aromatic hydroxyl groups is 2. The number of phenols is 2. The van der Waals surface area contributed by atoms with Gasteiger partial charge in [-0.15, -0.1) is 0 Å². The molecule has 4 amide bonds. The van der Waals surface area contributed by atoms with Crippen LogP contribution in [0.15, 0.2) is 103 Å². The van der Waals surface area contributed by atoms with Gasteiger partial charge in [-0.05, 0) is 73.2 Å². The highest BCUT2D eigenvalue weighted by Gasteiger charge is 2.70. The predicted octanol–water partition coefficient (Wildman–Crippen LogP) is 5.95. The average molecular weight is 718 g/mol.